The Morgan fingerprint density at radius 2 is 0.933 bits per heavy atom. The molecule has 7 N–H and O–H groups in total. The Hall–Kier alpha value is -0.573. The maximum absolute atomic E-state index is 9.10. The van der Waals surface area contributed by atoms with Crippen molar-refractivity contribution in [2.75, 3.05) is 0 Å². The molecule has 0 amide bonds. The van der Waals surface area contributed by atoms with Gasteiger partial charge >= 0.3 is 45.4 Å². The summed E-state index contributed by atoms with van der Waals surface area (Å²) in [5.41, 5.74) is 0. The molecule has 15 heavy (non-hydrogen) atoms. The van der Waals surface area contributed by atoms with E-state index in [1.54, 1.807) is 0 Å². The molecule has 0 spiro atoms. The smallest absolute Gasteiger partial charge is 0.832 e. The van der Waals surface area contributed by atoms with Gasteiger partial charge in [0.2, 0.25) is 0 Å². The summed E-state index contributed by atoms with van der Waals surface area (Å²) in [6.45, 7) is 0. The van der Waals surface area contributed by atoms with Crippen LogP contribution in [0.15, 0.2) is 0 Å². The van der Waals surface area contributed by atoms with Crippen molar-refractivity contribution < 1.29 is 68.8 Å². The average molecular weight is 220 g/mol. The second-order valence-electron chi connectivity index (χ2n) is 1.28. The first kappa shape index (κ1) is 23.9. The zero-order valence-corrected chi connectivity index (χ0v) is 7.51. The summed E-state index contributed by atoms with van der Waals surface area (Å²) in [6, 6.07) is 0. The largest absolute Gasteiger partial charge is 1.00 e. The molecule has 0 saturated carbocycles. The minimum atomic E-state index is -2.42. The van der Waals surface area contributed by atoms with Gasteiger partial charge in [0.15, 0.2) is 0 Å². The molecule has 0 aliphatic heterocycles. The van der Waals surface area contributed by atoms with E-state index in [1.807, 2.05) is 0 Å². The fourth-order valence-corrected chi connectivity index (χ4v) is 0. The molecule has 0 aromatic carbocycles. The summed E-state index contributed by atoms with van der Waals surface area (Å²) in [5.74, 6) is -3.65. The van der Waals surface area contributed by atoms with Crippen LogP contribution in [0, 0.1) is 0 Å². The molecule has 0 radical (unpaired) electrons. The fourth-order valence-electron chi connectivity index (χ4n) is 0. The average Bonchev–Trinajstić information content (AvgIpc) is 1.83. The van der Waals surface area contributed by atoms with Gasteiger partial charge in [0, 0.05) is 0 Å². The van der Waals surface area contributed by atoms with Gasteiger partial charge in [0.25, 0.3) is 0 Å². The molecule has 0 rings (SSSR count). The summed E-state index contributed by atoms with van der Waals surface area (Å²) in [7, 11) is -4.58. The van der Waals surface area contributed by atoms with Crippen LogP contribution in [0.1, 0.15) is 0 Å². The van der Waals surface area contributed by atoms with Crippen molar-refractivity contribution in [1.29, 1.82) is 0 Å². The standard InChI is InChI=1S/C2H2O4.BH3O3.BH2O3.Li/c3-1(4)2(5)6;2*2-1(3)4;/h(H,3,4)(H,5,6);2-4H;2-3H;/q;;-1;+1. The summed E-state index contributed by atoms with van der Waals surface area (Å²) < 4.78 is 0. The fraction of sp³-hybridized carbons (Fsp3) is 0. The van der Waals surface area contributed by atoms with E-state index in [4.69, 9.17) is 49.9 Å². The zero-order chi connectivity index (χ0) is 12.3. The van der Waals surface area contributed by atoms with E-state index < -0.39 is 26.6 Å². The van der Waals surface area contributed by atoms with Crippen LogP contribution < -0.4 is 23.9 Å². The van der Waals surface area contributed by atoms with Gasteiger partial charge in [-0.15, -0.1) is 0 Å². The predicted molar refractivity (Wildman–Crippen MR) is 37.9 cm³/mol. The molecule has 0 aromatic heterocycles. The van der Waals surface area contributed by atoms with Gasteiger partial charge in [-0.05, 0) is 0 Å². The van der Waals surface area contributed by atoms with E-state index in [-0.39, 0.29) is 18.9 Å². The number of carboxylic acid groups (broad SMARTS) is 2. The second kappa shape index (κ2) is 15.9. The Balaban J connectivity index is -0.0000000606. The number of hydrogen-bond donors (Lipinski definition) is 7. The van der Waals surface area contributed by atoms with E-state index in [0.29, 0.717) is 0 Å². The molecule has 0 aliphatic rings. The first-order chi connectivity index (χ1) is 6.11. The van der Waals surface area contributed by atoms with Crippen LogP contribution in [0.25, 0.3) is 0 Å². The summed E-state index contributed by atoms with van der Waals surface area (Å²) >= 11 is 0. The van der Waals surface area contributed by atoms with Crippen LogP contribution >= 0.6 is 0 Å². The van der Waals surface area contributed by atoms with Gasteiger partial charge in [-0.25, -0.2) is 9.59 Å². The van der Waals surface area contributed by atoms with Crippen LogP contribution in [-0.4, -0.2) is 61.9 Å². The Morgan fingerprint density at radius 3 is 0.933 bits per heavy atom. The van der Waals surface area contributed by atoms with E-state index in [9.17, 15) is 0 Å². The van der Waals surface area contributed by atoms with Gasteiger partial charge in [0.05, 0.1) is 0 Å². The Bertz CT molecular complexity index is 136. The molecule has 82 valence electrons. The summed E-state index contributed by atoms with van der Waals surface area (Å²) in [5, 5.41) is 59.0. The first-order valence-corrected chi connectivity index (χ1v) is 2.63. The third-order valence-electron chi connectivity index (χ3n) is 0.183. The minimum Gasteiger partial charge on any atom is -0.832 e. The van der Waals surface area contributed by atoms with Gasteiger partial charge < -0.3 is 40.4 Å². The van der Waals surface area contributed by atoms with Crippen LogP contribution in [0.5, 0.6) is 0 Å². The van der Waals surface area contributed by atoms with E-state index in [0.717, 1.165) is 0 Å². The number of carbonyl (C=O) groups is 2. The number of carboxylic acids is 2. The van der Waals surface area contributed by atoms with Gasteiger partial charge in [0.1, 0.15) is 0 Å². The van der Waals surface area contributed by atoms with Crippen LogP contribution in [0.3, 0.4) is 0 Å². The van der Waals surface area contributed by atoms with Crippen molar-refractivity contribution in [1.82, 2.24) is 0 Å². The van der Waals surface area contributed by atoms with Gasteiger partial charge in [-0.2, -0.15) is 0 Å². The molecule has 0 fully saturated rings. The molecule has 0 bridgehead atoms. The molecular formula is C2H7B2LiO10. The molecule has 0 aromatic rings. The first-order valence-electron chi connectivity index (χ1n) is 2.63. The third kappa shape index (κ3) is 149. The van der Waals surface area contributed by atoms with Crippen molar-refractivity contribution >= 4 is 26.6 Å². The predicted octanol–water partition coefficient (Wildman–Crippen LogP) is -8.58. The van der Waals surface area contributed by atoms with Crippen LogP contribution in [0.4, 0.5) is 0 Å². The minimum absolute atomic E-state index is 0. The van der Waals surface area contributed by atoms with Gasteiger partial charge in [-0.1, -0.05) is 0 Å². The Labute approximate surface area is 95.9 Å². The normalized spacial score (nSPS) is 6.53. The topological polar surface area (TPSA) is 199 Å². The van der Waals surface area contributed by atoms with Gasteiger partial charge in [-0.3, -0.25) is 0 Å². The Morgan fingerprint density at radius 1 is 0.867 bits per heavy atom. The molecular weight excluding hydrogens is 213 g/mol. The maximum atomic E-state index is 9.10. The van der Waals surface area contributed by atoms with Crippen molar-refractivity contribution in [3.05, 3.63) is 0 Å². The molecule has 0 saturated heterocycles. The molecule has 10 nitrogen and oxygen atoms in total. The van der Waals surface area contributed by atoms with Crippen molar-refractivity contribution in [2.24, 2.45) is 0 Å². The van der Waals surface area contributed by atoms with Crippen LogP contribution in [-0.2, 0) is 9.59 Å². The number of rotatable bonds is 0. The SMILES string of the molecule is O=C(O)C(=O)O.OB(O)O.[Li+].[O-]B(O)O. The quantitative estimate of drug-likeness (QED) is 0.152. The second-order valence-corrected chi connectivity index (χ2v) is 1.28. The summed E-state index contributed by atoms with van der Waals surface area (Å²) in [4.78, 5) is 18.2. The molecule has 0 heterocycles. The zero-order valence-electron chi connectivity index (χ0n) is 7.51. The molecule has 0 atom stereocenters. The number of aliphatic carboxylic acids is 2. The maximum Gasteiger partial charge on any atom is 1.00 e. The van der Waals surface area contributed by atoms with E-state index in [2.05, 4.69) is 0 Å². The van der Waals surface area contributed by atoms with Crippen molar-refractivity contribution in [3.63, 3.8) is 0 Å². The third-order valence-corrected chi connectivity index (χ3v) is 0.183. The monoisotopic (exact) mass is 220 g/mol. The Kier molecular flexibility index (Phi) is 25.3. The summed E-state index contributed by atoms with van der Waals surface area (Å²) in [6.07, 6.45) is 0. The molecule has 0 aliphatic carbocycles. The molecule has 13 heteroatoms. The number of hydrogen-bond acceptors (Lipinski definition) is 8. The van der Waals surface area contributed by atoms with Crippen molar-refractivity contribution in [3.8, 4) is 0 Å². The molecule has 0 unspecified atom stereocenters. The van der Waals surface area contributed by atoms with E-state index >= 15 is 0 Å². The van der Waals surface area contributed by atoms with Crippen LogP contribution in [0.2, 0.25) is 0 Å². The van der Waals surface area contributed by atoms with E-state index in [1.165, 1.54) is 0 Å². The van der Waals surface area contributed by atoms with Crippen molar-refractivity contribution in [2.45, 2.75) is 0 Å².